The molecule has 0 bridgehead atoms. The highest BCUT2D eigenvalue weighted by Crippen LogP contribution is 2.33. The van der Waals surface area contributed by atoms with Crippen molar-refractivity contribution in [3.8, 4) is 11.5 Å². The second-order valence-electron chi connectivity index (χ2n) is 5.38. The van der Waals surface area contributed by atoms with Gasteiger partial charge in [-0.1, -0.05) is 6.92 Å². The monoisotopic (exact) mass is 342 g/mol. The highest BCUT2D eigenvalue weighted by molar-refractivity contribution is 7.89. The summed E-state index contributed by atoms with van der Waals surface area (Å²) >= 11 is 0. The third-order valence-electron chi connectivity index (χ3n) is 3.62. The molecule has 1 fully saturated rings. The number of benzene rings is 1. The molecule has 7 nitrogen and oxygen atoms in total. The molecule has 2 rings (SSSR count). The minimum Gasteiger partial charge on any atom is -0.493 e. The average Bonchev–Trinajstić information content (AvgIpc) is 2.86. The number of ether oxygens (including phenoxy) is 2. The van der Waals surface area contributed by atoms with Crippen molar-refractivity contribution in [2.45, 2.75) is 25.8 Å². The molecule has 1 amide bonds. The second kappa shape index (κ2) is 7.18. The first-order valence-electron chi connectivity index (χ1n) is 7.42. The molecule has 1 aliphatic rings. The summed E-state index contributed by atoms with van der Waals surface area (Å²) in [5.74, 6) is 1.03. The fraction of sp³-hybridized carbons (Fsp3) is 0.533. The molecular formula is C15H22N2O5S. The van der Waals surface area contributed by atoms with Crippen molar-refractivity contribution in [3.05, 3.63) is 18.2 Å². The van der Waals surface area contributed by atoms with Gasteiger partial charge >= 0.3 is 0 Å². The third-order valence-corrected chi connectivity index (χ3v) is 5.26. The zero-order chi connectivity index (χ0) is 17.0. The normalized spacial score (nSPS) is 18.3. The van der Waals surface area contributed by atoms with Crippen LogP contribution >= 0.6 is 0 Å². The summed E-state index contributed by atoms with van der Waals surface area (Å²) in [6.45, 7) is 2.10. The van der Waals surface area contributed by atoms with E-state index in [1.807, 2.05) is 0 Å². The molecular weight excluding hydrogens is 320 g/mol. The number of hydrogen-bond acceptors (Lipinski definition) is 5. The number of methoxy groups -OCH3 is 2. The molecule has 0 radical (unpaired) electrons. The highest BCUT2D eigenvalue weighted by Gasteiger charge is 2.33. The van der Waals surface area contributed by atoms with E-state index in [9.17, 15) is 13.2 Å². The van der Waals surface area contributed by atoms with Crippen LogP contribution in [0.1, 0.15) is 19.8 Å². The number of sulfonamides is 1. The zero-order valence-corrected chi connectivity index (χ0v) is 14.4. The van der Waals surface area contributed by atoms with E-state index in [1.165, 1.54) is 14.2 Å². The lowest BCUT2D eigenvalue weighted by molar-refractivity contribution is -0.117. The number of nitrogens with one attached hydrogen (secondary N) is 1. The van der Waals surface area contributed by atoms with Gasteiger partial charge in [-0.05, 0) is 18.6 Å². The highest BCUT2D eigenvalue weighted by atomic mass is 32.2. The van der Waals surface area contributed by atoms with E-state index >= 15 is 0 Å². The van der Waals surface area contributed by atoms with Crippen LogP contribution in [-0.4, -0.2) is 46.9 Å². The molecule has 1 unspecified atom stereocenters. The summed E-state index contributed by atoms with van der Waals surface area (Å²) in [7, 11) is -0.279. The molecule has 1 atom stereocenters. The third kappa shape index (κ3) is 4.14. The summed E-state index contributed by atoms with van der Waals surface area (Å²) in [5.41, 5.74) is 0.657. The number of carbonyl (C=O) groups excluding carboxylic acids is 1. The van der Waals surface area contributed by atoms with Crippen LogP contribution in [0.4, 0.5) is 5.69 Å². The van der Waals surface area contributed by atoms with E-state index < -0.39 is 16.1 Å². The summed E-state index contributed by atoms with van der Waals surface area (Å²) < 4.78 is 36.7. The molecule has 8 heteroatoms. The Bertz CT molecular complexity index is 674. The maximum atomic E-state index is 12.2. The Hall–Kier alpha value is -1.80. The molecule has 1 N–H and O–H groups in total. The largest absolute Gasteiger partial charge is 0.493 e. The van der Waals surface area contributed by atoms with Crippen LogP contribution in [-0.2, 0) is 14.8 Å². The van der Waals surface area contributed by atoms with Gasteiger partial charge in [-0.3, -0.25) is 4.79 Å². The Morgan fingerprint density at radius 3 is 2.57 bits per heavy atom. The molecule has 1 aliphatic heterocycles. The molecule has 1 aromatic carbocycles. The minimum atomic E-state index is -3.34. The number of nitrogens with zero attached hydrogens (tertiary/aromatic N) is 1. The molecule has 0 aromatic heterocycles. The van der Waals surface area contributed by atoms with Crippen LogP contribution in [0.5, 0.6) is 11.5 Å². The molecule has 0 aliphatic carbocycles. The quantitative estimate of drug-likeness (QED) is 0.803. The number of rotatable bonds is 7. The van der Waals surface area contributed by atoms with E-state index in [0.29, 0.717) is 30.2 Å². The van der Waals surface area contributed by atoms with Crippen molar-refractivity contribution in [1.82, 2.24) is 4.72 Å². The van der Waals surface area contributed by atoms with Crippen molar-refractivity contribution in [1.29, 1.82) is 0 Å². The van der Waals surface area contributed by atoms with Gasteiger partial charge in [-0.25, -0.2) is 13.1 Å². The van der Waals surface area contributed by atoms with E-state index in [1.54, 1.807) is 30.0 Å². The predicted octanol–water partition coefficient (Wildman–Crippen LogP) is 1.14. The molecule has 1 heterocycles. The van der Waals surface area contributed by atoms with Crippen molar-refractivity contribution in [2.75, 3.05) is 31.4 Å². The molecule has 1 saturated heterocycles. The van der Waals surface area contributed by atoms with Gasteiger partial charge in [0.25, 0.3) is 0 Å². The fourth-order valence-corrected chi connectivity index (χ4v) is 3.93. The van der Waals surface area contributed by atoms with Crippen molar-refractivity contribution >= 4 is 21.6 Å². The average molecular weight is 342 g/mol. The smallest absolute Gasteiger partial charge is 0.228 e. The number of amides is 1. The topological polar surface area (TPSA) is 84.9 Å². The first-order valence-corrected chi connectivity index (χ1v) is 9.07. The van der Waals surface area contributed by atoms with Crippen LogP contribution in [0.2, 0.25) is 0 Å². The van der Waals surface area contributed by atoms with Crippen LogP contribution in [0, 0.1) is 0 Å². The summed E-state index contributed by atoms with van der Waals surface area (Å²) in [5, 5.41) is 0. The van der Waals surface area contributed by atoms with Gasteiger partial charge in [-0.2, -0.15) is 0 Å². The lowest BCUT2D eigenvalue weighted by Gasteiger charge is -2.19. The Morgan fingerprint density at radius 1 is 1.26 bits per heavy atom. The SMILES string of the molecule is CCCS(=O)(=O)NC1CC(=O)N(c2ccc(OC)c(OC)c2)C1. The lowest BCUT2D eigenvalue weighted by atomic mass is 10.2. The number of carbonyl (C=O) groups is 1. The van der Waals surface area contributed by atoms with Crippen LogP contribution in [0.3, 0.4) is 0 Å². The Morgan fingerprint density at radius 2 is 1.96 bits per heavy atom. The molecule has 0 spiro atoms. The van der Waals surface area contributed by atoms with Crippen LogP contribution < -0.4 is 19.1 Å². The van der Waals surface area contributed by atoms with E-state index in [-0.39, 0.29) is 18.1 Å². The predicted molar refractivity (Wildman–Crippen MR) is 87.5 cm³/mol. The molecule has 0 saturated carbocycles. The minimum absolute atomic E-state index is 0.0635. The van der Waals surface area contributed by atoms with Gasteiger partial charge in [0.1, 0.15) is 0 Å². The Kier molecular flexibility index (Phi) is 5.48. The summed E-state index contributed by atoms with van der Waals surface area (Å²) in [6.07, 6.45) is 0.687. The van der Waals surface area contributed by atoms with E-state index in [0.717, 1.165) is 0 Å². The molecule has 1 aromatic rings. The Balaban J connectivity index is 2.14. The number of hydrogen-bond donors (Lipinski definition) is 1. The van der Waals surface area contributed by atoms with Gasteiger partial charge in [0, 0.05) is 30.8 Å². The standard InChI is InChI=1S/C15H22N2O5S/c1-4-7-23(19,20)16-11-8-15(18)17(10-11)12-5-6-13(21-2)14(9-12)22-3/h5-6,9,11,16H,4,7-8,10H2,1-3H3. The first kappa shape index (κ1) is 17.6. The maximum Gasteiger partial charge on any atom is 0.228 e. The van der Waals surface area contributed by atoms with Crippen LogP contribution in [0.25, 0.3) is 0 Å². The zero-order valence-electron chi connectivity index (χ0n) is 13.5. The summed E-state index contributed by atoms with van der Waals surface area (Å²) in [4.78, 5) is 13.8. The van der Waals surface area contributed by atoms with Gasteiger partial charge < -0.3 is 14.4 Å². The lowest BCUT2D eigenvalue weighted by Crippen LogP contribution is -2.38. The first-order chi connectivity index (χ1) is 10.9. The maximum absolute atomic E-state index is 12.2. The second-order valence-corrected chi connectivity index (χ2v) is 7.25. The summed E-state index contributed by atoms with van der Waals surface area (Å²) in [6, 6.07) is 4.77. The van der Waals surface area contributed by atoms with E-state index in [4.69, 9.17) is 9.47 Å². The van der Waals surface area contributed by atoms with Crippen LogP contribution in [0.15, 0.2) is 18.2 Å². The molecule has 23 heavy (non-hydrogen) atoms. The van der Waals surface area contributed by atoms with Gasteiger partial charge in [0.2, 0.25) is 15.9 Å². The van der Waals surface area contributed by atoms with Gasteiger partial charge in [-0.15, -0.1) is 0 Å². The van der Waals surface area contributed by atoms with Crippen molar-refractivity contribution in [3.63, 3.8) is 0 Å². The Labute approximate surface area is 136 Å². The van der Waals surface area contributed by atoms with E-state index in [2.05, 4.69) is 4.72 Å². The van der Waals surface area contributed by atoms with Crippen molar-refractivity contribution < 1.29 is 22.7 Å². The fourth-order valence-electron chi connectivity index (χ4n) is 2.61. The van der Waals surface area contributed by atoms with Gasteiger partial charge in [0.05, 0.1) is 20.0 Å². The number of anilines is 1. The van der Waals surface area contributed by atoms with Gasteiger partial charge in [0.15, 0.2) is 11.5 Å². The van der Waals surface area contributed by atoms with Crippen molar-refractivity contribution in [2.24, 2.45) is 0 Å². The molecule has 128 valence electrons.